The lowest BCUT2D eigenvalue weighted by Crippen LogP contribution is -2.51. The summed E-state index contributed by atoms with van der Waals surface area (Å²) in [5, 5.41) is 0. The second-order valence-corrected chi connectivity index (χ2v) is 14.3. The van der Waals surface area contributed by atoms with Crippen molar-refractivity contribution in [2.75, 3.05) is 7.05 Å². The highest BCUT2D eigenvalue weighted by Gasteiger charge is 2.26. The van der Waals surface area contributed by atoms with Gasteiger partial charge < -0.3 is 4.23 Å². The Morgan fingerprint density at radius 3 is 1.95 bits per heavy atom. The molecule has 0 aromatic rings. The molecular weight excluding hydrogens is 286 g/mol. The largest absolute Gasteiger partial charge is 0.345 e. The Morgan fingerprint density at radius 1 is 0.905 bits per heavy atom. The van der Waals surface area contributed by atoms with Crippen LogP contribution in [0.25, 0.3) is 0 Å². The van der Waals surface area contributed by atoms with Gasteiger partial charge in [0, 0.05) is 0 Å². The van der Waals surface area contributed by atoms with Gasteiger partial charge in [-0.2, -0.15) is 0 Å². The van der Waals surface area contributed by atoms with Crippen LogP contribution in [0.1, 0.15) is 65.2 Å². The Labute approximate surface area is 137 Å². The molecule has 0 aliphatic heterocycles. The maximum atomic E-state index is 2.74. The second-order valence-electron chi connectivity index (χ2n) is 6.83. The molecule has 0 N–H and O–H groups in total. The summed E-state index contributed by atoms with van der Waals surface area (Å²) in [5.41, 5.74) is 5.09. The van der Waals surface area contributed by atoms with Crippen molar-refractivity contribution in [2.45, 2.75) is 84.9 Å². The monoisotopic (exact) mass is 325 g/mol. The lowest BCUT2D eigenvalue weighted by molar-refractivity contribution is 0.728. The molecule has 0 radical (unpaired) electrons. The minimum absolute atomic E-state index is 0.874. The summed E-state index contributed by atoms with van der Waals surface area (Å²) in [6, 6.07) is 0. The van der Waals surface area contributed by atoms with E-state index in [0.29, 0.717) is 0 Å². The van der Waals surface area contributed by atoms with Crippen LogP contribution in [0.3, 0.4) is 0 Å². The van der Waals surface area contributed by atoms with E-state index in [4.69, 9.17) is 0 Å². The number of hydrogen-bond donors (Lipinski definition) is 0. The molecule has 0 aromatic carbocycles. The Kier molecular flexibility index (Phi) is 12.3. The summed E-state index contributed by atoms with van der Waals surface area (Å²) in [6.45, 7) is 12.0. The molecule has 0 heterocycles. The zero-order valence-corrected chi connectivity index (χ0v) is 17.6. The summed E-state index contributed by atoms with van der Waals surface area (Å²) < 4.78 is 2.74. The van der Waals surface area contributed by atoms with Gasteiger partial charge in [0.05, 0.1) is 0 Å². The number of nitrogens with zero attached hydrogens (tertiary/aromatic N) is 1. The summed E-state index contributed by atoms with van der Waals surface area (Å²) in [6.07, 6.45) is 15.5. The van der Waals surface area contributed by atoms with Gasteiger partial charge in [-0.05, 0) is 32.7 Å². The van der Waals surface area contributed by atoms with Crippen molar-refractivity contribution in [3.05, 3.63) is 23.6 Å². The van der Waals surface area contributed by atoms with E-state index in [1.165, 1.54) is 51.4 Å². The first-order chi connectivity index (χ1) is 9.95. The van der Waals surface area contributed by atoms with Crippen LogP contribution in [0.4, 0.5) is 0 Å². The zero-order chi connectivity index (χ0) is 16.1. The van der Waals surface area contributed by atoms with Gasteiger partial charge in [0.1, 0.15) is 17.2 Å². The van der Waals surface area contributed by atoms with Gasteiger partial charge in [-0.1, -0.05) is 82.7 Å². The van der Waals surface area contributed by atoms with Gasteiger partial charge in [0.15, 0.2) is 0 Å². The Bertz CT molecular complexity index is 298. The lowest BCUT2D eigenvalue weighted by atomic mass is 10.2. The predicted octanol–water partition coefficient (Wildman–Crippen LogP) is 5.83. The van der Waals surface area contributed by atoms with Crippen LogP contribution in [0.5, 0.6) is 0 Å². The van der Waals surface area contributed by atoms with Crippen molar-refractivity contribution in [1.29, 1.82) is 0 Å². The quantitative estimate of drug-likeness (QED) is 0.322. The van der Waals surface area contributed by atoms with Crippen molar-refractivity contribution in [3.8, 4) is 0 Å². The Balaban J connectivity index is 4.21. The third-order valence-corrected chi connectivity index (χ3v) is 12.5. The van der Waals surface area contributed by atoms with Gasteiger partial charge in [-0.3, -0.25) is 0 Å². The molecule has 1 unspecified atom stereocenters. The fraction of sp³-hybridized carbons (Fsp3) is 0.778. The van der Waals surface area contributed by atoms with Crippen LogP contribution in [-0.2, 0) is 0 Å². The number of rotatable bonds is 12. The topological polar surface area (TPSA) is 3.24 Å². The number of hydrogen-bond acceptors (Lipinski definition) is 1. The Morgan fingerprint density at radius 2 is 1.43 bits per heavy atom. The minimum Gasteiger partial charge on any atom is -0.345 e. The molecule has 124 valence electrons. The fourth-order valence-electron chi connectivity index (χ4n) is 2.46. The van der Waals surface area contributed by atoms with Crippen molar-refractivity contribution in [3.63, 3.8) is 0 Å². The van der Waals surface area contributed by atoms with E-state index in [1.807, 2.05) is 0 Å². The number of allylic oxidation sites excluding steroid dienone is 2. The van der Waals surface area contributed by atoms with E-state index >= 15 is 0 Å². The summed E-state index contributed by atoms with van der Waals surface area (Å²) in [5.74, 6) is 0. The highest BCUT2D eigenvalue weighted by molar-refractivity contribution is 6.88. The van der Waals surface area contributed by atoms with E-state index < -0.39 is 17.2 Å². The molecule has 0 fully saturated rings. The first kappa shape index (κ1) is 20.9. The van der Waals surface area contributed by atoms with Gasteiger partial charge in [0.2, 0.25) is 0 Å². The molecule has 0 aliphatic rings. The van der Waals surface area contributed by atoms with E-state index in [2.05, 4.69) is 68.3 Å². The highest BCUT2D eigenvalue weighted by atomic mass is 28.4. The zero-order valence-electron chi connectivity index (χ0n) is 15.5. The highest BCUT2D eigenvalue weighted by Crippen LogP contribution is 2.14. The van der Waals surface area contributed by atoms with Crippen molar-refractivity contribution in [2.24, 2.45) is 0 Å². The molecule has 1 atom stereocenters. The van der Waals surface area contributed by atoms with Gasteiger partial charge in [-0.25, -0.2) is 0 Å². The van der Waals surface area contributed by atoms with E-state index in [1.54, 1.807) is 0 Å². The van der Waals surface area contributed by atoms with Crippen LogP contribution in [-0.4, -0.2) is 28.5 Å². The van der Waals surface area contributed by atoms with Crippen LogP contribution in [0.2, 0.25) is 19.6 Å². The van der Waals surface area contributed by atoms with E-state index in [9.17, 15) is 0 Å². The smallest absolute Gasteiger partial charge is 0.139 e. The van der Waals surface area contributed by atoms with Crippen LogP contribution < -0.4 is 0 Å². The SMILES string of the molecule is CCCCC/C=C/[SiH](C)N(C)[Si](C)(C)/C=C/CCCCC. The van der Waals surface area contributed by atoms with Gasteiger partial charge in [-0.15, -0.1) is 0 Å². The standard InChI is InChI=1S/C18H39NSi2/c1-7-9-11-13-15-17-20(4)19(3)21(5,6)18-16-14-12-10-8-2/h15-18,20H,7-14H2,1-6H3/b17-15+,18-16+. The normalized spacial score (nSPS) is 14.6. The van der Waals surface area contributed by atoms with Crippen molar-refractivity contribution >= 4 is 17.2 Å². The number of unbranched alkanes of at least 4 members (excludes halogenated alkanes) is 6. The molecule has 0 bridgehead atoms. The molecule has 3 heteroatoms. The molecule has 0 rings (SSSR count). The molecule has 0 aliphatic carbocycles. The van der Waals surface area contributed by atoms with E-state index in [-0.39, 0.29) is 0 Å². The minimum atomic E-state index is -1.34. The molecule has 0 saturated carbocycles. The summed E-state index contributed by atoms with van der Waals surface area (Å²) in [4.78, 5) is 0. The summed E-state index contributed by atoms with van der Waals surface area (Å²) in [7, 11) is 0.140. The average Bonchev–Trinajstić information content (AvgIpc) is 2.45. The summed E-state index contributed by atoms with van der Waals surface area (Å²) >= 11 is 0. The van der Waals surface area contributed by atoms with Crippen molar-refractivity contribution in [1.82, 2.24) is 4.23 Å². The van der Waals surface area contributed by atoms with Crippen LogP contribution in [0.15, 0.2) is 23.6 Å². The maximum absolute atomic E-state index is 2.74. The molecule has 0 aromatic heterocycles. The van der Waals surface area contributed by atoms with E-state index in [0.717, 1.165) is 0 Å². The molecule has 1 nitrogen and oxygen atoms in total. The first-order valence-corrected chi connectivity index (χ1v) is 14.4. The van der Waals surface area contributed by atoms with Crippen molar-refractivity contribution < 1.29 is 0 Å². The maximum Gasteiger partial charge on any atom is 0.139 e. The van der Waals surface area contributed by atoms with Crippen LogP contribution in [0, 0.1) is 0 Å². The lowest BCUT2D eigenvalue weighted by Gasteiger charge is -2.34. The molecule has 0 spiro atoms. The molecule has 21 heavy (non-hydrogen) atoms. The fourth-order valence-corrected chi connectivity index (χ4v) is 9.00. The molecule has 0 saturated heterocycles. The second kappa shape index (κ2) is 12.4. The van der Waals surface area contributed by atoms with Crippen LogP contribution >= 0.6 is 0 Å². The van der Waals surface area contributed by atoms with Gasteiger partial charge in [0.25, 0.3) is 0 Å². The first-order valence-electron chi connectivity index (χ1n) is 9.03. The average molecular weight is 326 g/mol. The third kappa shape index (κ3) is 10.3. The molecule has 0 amide bonds. The predicted molar refractivity (Wildman–Crippen MR) is 105 cm³/mol. The van der Waals surface area contributed by atoms with Gasteiger partial charge >= 0.3 is 0 Å². The molecular formula is C18H39NSi2. The Hall–Kier alpha value is -0.126. The third-order valence-electron chi connectivity index (χ3n) is 4.41.